The van der Waals surface area contributed by atoms with Crippen LogP contribution >= 0.6 is 0 Å². The molecule has 8 heteroatoms. The van der Waals surface area contributed by atoms with Gasteiger partial charge in [-0.3, -0.25) is 18.8 Å². The highest BCUT2D eigenvalue weighted by Gasteiger charge is 2.29. The van der Waals surface area contributed by atoms with E-state index in [1.165, 1.54) is 15.5 Å². The predicted molar refractivity (Wildman–Crippen MR) is 90.6 cm³/mol. The summed E-state index contributed by atoms with van der Waals surface area (Å²) >= 11 is 0. The maximum atomic E-state index is 12.7. The first-order valence-electron chi connectivity index (χ1n) is 8.05. The molecule has 2 aromatic heterocycles. The molecule has 132 valence electrons. The van der Waals surface area contributed by atoms with E-state index in [4.69, 9.17) is 4.74 Å². The summed E-state index contributed by atoms with van der Waals surface area (Å²) in [5.74, 6) is -0.616. The third-order valence-corrected chi connectivity index (χ3v) is 4.25. The van der Waals surface area contributed by atoms with Crippen LogP contribution < -0.4 is 5.56 Å². The van der Waals surface area contributed by atoms with Gasteiger partial charge in [-0.15, -0.1) is 0 Å². The third-order valence-electron chi connectivity index (χ3n) is 4.25. The lowest BCUT2D eigenvalue weighted by Crippen LogP contribution is -2.53. The lowest BCUT2D eigenvalue weighted by atomic mass is 10.2. The maximum Gasteiger partial charge on any atom is 0.270 e. The average molecular weight is 344 g/mol. The molecule has 0 spiro atoms. The lowest BCUT2D eigenvalue weighted by Gasteiger charge is -2.34. The fourth-order valence-electron chi connectivity index (χ4n) is 2.82. The molecule has 2 aromatic rings. The molecule has 8 nitrogen and oxygen atoms in total. The summed E-state index contributed by atoms with van der Waals surface area (Å²) in [6.07, 6.45) is 2.94. The standard InChI is InChI=1S/C17H20N4O4/c1-12-3-4-14-18-9-13(17(24)21(14)10-12)16(23)20-6-5-19(7-8-25-2)15(22)11-20/h3-4,9-10H,5-8,11H2,1-2H3. The van der Waals surface area contributed by atoms with Crippen LogP contribution in [0.25, 0.3) is 5.65 Å². The minimum Gasteiger partial charge on any atom is -0.383 e. The number of ether oxygens (including phenoxy) is 1. The second-order valence-corrected chi connectivity index (χ2v) is 6.01. The van der Waals surface area contributed by atoms with Crippen molar-refractivity contribution in [3.8, 4) is 0 Å². The number of hydrogen-bond acceptors (Lipinski definition) is 5. The van der Waals surface area contributed by atoms with Crippen molar-refractivity contribution in [2.24, 2.45) is 0 Å². The smallest absolute Gasteiger partial charge is 0.270 e. The molecule has 0 N–H and O–H groups in total. The van der Waals surface area contributed by atoms with Crippen LogP contribution in [0.1, 0.15) is 15.9 Å². The number of rotatable bonds is 4. The fraction of sp³-hybridized carbons (Fsp3) is 0.412. The van der Waals surface area contributed by atoms with Crippen molar-refractivity contribution >= 4 is 17.5 Å². The third kappa shape index (κ3) is 3.39. The molecule has 1 saturated heterocycles. The number of nitrogens with zero attached hydrogens (tertiary/aromatic N) is 4. The molecule has 0 atom stereocenters. The number of aryl methyl sites for hydroxylation is 1. The molecule has 1 fully saturated rings. The Morgan fingerprint density at radius 1 is 1.28 bits per heavy atom. The molecule has 0 saturated carbocycles. The molecule has 0 radical (unpaired) electrons. The van der Waals surface area contributed by atoms with E-state index in [0.717, 1.165) is 5.56 Å². The van der Waals surface area contributed by atoms with Crippen LogP contribution in [0, 0.1) is 6.92 Å². The minimum absolute atomic E-state index is 0.0266. The van der Waals surface area contributed by atoms with Crippen molar-refractivity contribution in [3.63, 3.8) is 0 Å². The molecule has 3 heterocycles. The molecule has 1 aliphatic heterocycles. The first-order valence-corrected chi connectivity index (χ1v) is 8.05. The fourth-order valence-corrected chi connectivity index (χ4v) is 2.82. The van der Waals surface area contributed by atoms with Gasteiger partial charge in [0.1, 0.15) is 17.8 Å². The van der Waals surface area contributed by atoms with Gasteiger partial charge in [0.15, 0.2) is 0 Å². The van der Waals surface area contributed by atoms with Crippen LogP contribution in [-0.2, 0) is 9.53 Å². The van der Waals surface area contributed by atoms with E-state index >= 15 is 0 Å². The molecule has 2 amide bonds. The van der Waals surface area contributed by atoms with Crippen LogP contribution in [0.4, 0.5) is 0 Å². The van der Waals surface area contributed by atoms with Crippen molar-refractivity contribution in [2.75, 3.05) is 39.9 Å². The first-order chi connectivity index (χ1) is 12.0. The zero-order valence-corrected chi connectivity index (χ0v) is 14.3. The second-order valence-electron chi connectivity index (χ2n) is 6.01. The van der Waals surface area contributed by atoms with E-state index in [0.29, 0.717) is 31.9 Å². The van der Waals surface area contributed by atoms with Gasteiger partial charge in [0.2, 0.25) is 5.91 Å². The van der Waals surface area contributed by atoms with Crippen LogP contribution in [0.3, 0.4) is 0 Å². The summed E-state index contributed by atoms with van der Waals surface area (Å²) in [5, 5.41) is 0. The molecule has 0 aromatic carbocycles. The number of hydrogen-bond donors (Lipinski definition) is 0. The van der Waals surface area contributed by atoms with Crippen molar-refractivity contribution in [2.45, 2.75) is 6.92 Å². The molecule has 0 bridgehead atoms. The number of piperazine rings is 1. The van der Waals surface area contributed by atoms with Gasteiger partial charge in [-0.1, -0.05) is 6.07 Å². The van der Waals surface area contributed by atoms with Crippen molar-refractivity contribution in [3.05, 3.63) is 46.0 Å². The Labute approximate surface area is 144 Å². The van der Waals surface area contributed by atoms with E-state index in [-0.39, 0.29) is 18.0 Å². The highest BCUT2D eigenvalue weighted by atomic mass is 16.5. The summed E-state index contributed by atoms with van der Waals surface area (Å²) in [5.41, 5.74) is 0.921. The van der Waals surface area contributed by atoms with E-state index in [9.17, 15) is 14.4 Å². The normalized spacial score (nSPS) is 15.0. The zero-order valence-electron chi connectivity index (χ0n) is 14.3. The van der Waals surface area contributed by atoms with Gasteiger partial charge in [0, 0.05) is 39.1 Å². The van der Waals surface area contributed by atoms with Crippen molar-refractivity contribution < 1.29 is 14.3 Å². The number of amides is 2. The second kappa shape index (κ2) is 7.02. The molecule has 1 aliphatic rings. The number of methoxy groups -OCH3 is 1. The molecule has 0 unspecified atom stereocenters. The van der Waals surface area contributed by atoms with Gasteiger partial charge < -0.3 is 14.5 Å². The monoisotopic (exact) mass is 344 g/mol. The van der Waals surface area contributed by atoms with Crippen LogP contribution in [-0.4, -0.2) is 70.9 Å². The summed E-state index contributed by atoms with van der Waals surface area (Å²) in [6.45, 7) is 3.57. The van der Waals surface area contributed by atoms with Gasteiger partial charge in [-0.25, -0.2) is 4.98 Å². The average Bonchev–Trinajstić information content (AvgIpc) is 2.61. The number of carbonyl (C=O) groups excluding carboxylic acids is 2. The summed E-state index contributed by atoms with van der Waals surface area (Å²) in [6, 6.07) is 3.57. The minimum atomic E-state index is -0.465. The van der Waals surface area contributed by atoms with Crippen molar-refractivity contribution in [1.29, 1.82) is 0 Å². The Balaban J connectivity index is 1.82. The number of pyridine rings is 1. The number of aromatic nitrogens is 2. The number of fused-ring (bicyclic) bond motifs is 1. The van der Waals surface area contributed by atoms with Gasteiger partial charge in [-0.05, 0) is 18.6 Å². The molecular weight excluding hydrogens is 324 g/mol. The summed E-state index contributed by atoms with van der Waals surface area (Å²) in [7, 11) is 1.58. The predicted octanol–water partition coefficient (Wildman–Crippen LogP) is -0.0663. The van der Waals surface area contributed by atoms with Gasteiger partial charge >= 0.3 is 0 Å². The Bertz CT molecular complexity index is 877. The Morgan fingerprint density at radius 3 is 2.80 bits per heavy atom. The highest BCUT2D eigenvalue weighted by molar-refractivity contribution is 5.96. The largest absolute Gasteiger partial charge is 0.383 e. The van der Waals surface area contributed by atoms with Crippen molar-refractivity contribution in [1.82, 2.24) is 19.2 Å². The van der Waals surface area contributed by atoms with E-state index in [2.05, 4.69) is 4.98 Å². The summed E-state index contributed by atoms with van der Waals surface area (Å²) < 4.78 is 6.34. The van der Waals surface area contributed by atoms with E-state index in [1.54, 1.807) is 24.3 Å². The first kappa shape index (κ1) is 17.1. The molecule has 25 heavy (non-hydrogen) atoms. The maximum absolute atomic E-state index is 12.7. The van der Waals surface area contributed by atoms with Gasteiger partial charge in [0.25, 0.3) is 11.5 Å². The van der Waals surface area contributed by atoms with Crippen LogP contribution in [0.15, 0.2) is 29.3 Å². The quantitative estimate of drug-likeness (QED) is 0.775. The Kier molecular flexibility index (Phi) is 4.80. The van der Waals surface area contributed by atoms with Gasteiger partial charge in [0.05, 0.1) is 6.61 Å². The van der Waals surface area contributed by atoms with E-state index in [1.807, 2.05) is 13.0 Å². The zero-order chi connectivity index (χ0) is 18.0. The summed E-state index contributed by atoms with van der Waals surface area (Å²) in [4.78, 5) is 44.7. The Hall–Kier alpha value is -2.74. The van der Waals surface area contributed by atoms with Gasteiger partial charge in [-0.2, -0.15) is 0 Å². The van der Waals surface area contributed by atoms with Crippen LogP contribution in [0.2, 0.25) is 0 Å². The SMILES string of the molecule is COCCN1CCN(C(=O)c2cnc3ccc(C)cn3c2=O)CC1=O. The molecule has 3 rings (SSSR count). The van der Waals surface area contributed by atoms with Crippen LogP contribution in [0.5, 0.6) is 0 Å². The number of carbonyl (C=O) groups is 2. The highest BCUT2D eigenvalue weighted by Crippen LogP contribution is 2.08. The Morgan fingerprint density at radius 2 is 2.08 bits per heavy atom. The molecular formula is C17H20N4O4. The molecule has 0 aliphatic carbocycles. The topological polar surface area (TPSA) is 84.2 Å². The van der Waals surface area contributed by atoms with E-state index < -0.39 is 11.5 Å². The lowest BCUT2D eigenvalue weighted by molar-refractivity contribution is -0.135.